The minimum absolute atomic E-state index is 0.150. The molecular formula is C22H20N4. The van der Waals surface area contributed by atoms with E-state index in [0.29, 0.717) is 0 Å². The fourth-order valence-electron chi connectivity index (χ4n) is 4.75. The second kappa shape index (κ2) is 4.09. The number of H-pyrrole nitrogens is 2. The molecule has 0 saturated carbocycles. The standard InChI is InChI=1S/C22H20N4/c1-21(2)11-5-6-12-18-17(11)25-19(21)15-9-7-13(23-15)14-8-10-16(24-14)20(26-18)22(12,3)4/h5-10,23-24H,1-4H3. The average Bonchev–Trinajstić information content (AvgIpc) is 3.31. The molecular weight excluding hydrogens is 320 g/mol. The summed E-state index contributed by atoms with van der Waals surface area (Å²) in [5, 5.41) is 0. The van der Waals surface area contributed by atoms with Crippen molar-refractivity contribution in [3.05, 3.63) is 58.9 Å². The Labute approximate surface area is 151 Å². The van der Waals surface area contributed by atoms with Gasteiger partial charge in [0, 0.05) is 10.8 Å². The van der Waals surface area contributed by atoms with Crippen LogP contribution in [0.3, 0.4) is 0 Å². The Morgan fingerprint density at radius 1 is 0.577 bits per heavy atom. The predicted molar refractivity (Wildman–Crippen MR) is 105 cm³/mol. The Hall–Kier alpha value is -2.88. The van der Waals surface area contributed by atoms with E-state index in [1.807, 2.05) is 0 Å². The SMILES string of the molecule is CC1(C)c2nc3c1ccc1c3nc(c3ccc([nH]3)c3ccc2[nH]3)C1(C)C. The zero-order valence-electron chi connectivity index (χ0n) is 15.4. The third-order valence-electron chi connectivity index (χ3n) is 6.30. The fraction of sp³-hybridized carbons (Fsp3) is 0.273. The lowest BCUT2D eigenvalue weighted by Crippen LogP contribution is -2.18. The molecule has 2 aliphatic rings. The molecule has 0 amide bonds. The predicted octanol–water partition coefficient (Wildman–Crippen LogP) is 5.00. The highest BCUT2D eigenvalue weighted by atomic mass is 14.9. The van der Waals surface area contributed by atoms with Crippen molar-refractivity contribution in [3.63, 3.8) is 0 Å². The molecule has 0 atom stereocenters. The zero-order valence-corrected chi connectivity index (χ0v) is 15.4. The number of hydrogen-bond acceptors (Lipinski definition) is 2. The first kappa shape index (κ1) is 14.3. The number of fused-ring (bicyclic) bond motifs is 9. The fourth-order valence-corrected chi connectivity index (χ4v) is 4.75. The van der Waals surface area contributed by atoms with Crippen LogP contribution in [-0.4, -0.2) is 19.9 Å². The summed E-state index contributed by atoms with van der Waals surface area (Å²) in [5.41, 5.74) is 10.8. The highest BCUT2D eigenvalue weighted by Gasteiger charge is 2.39. The van der Waals surface area contributed by atoms with E-state index in [9.17, 15) is 0 Å². The maximum Gasteiger partial charge on any atom is 0.0935 e. The molecule has 4 heteroatoms. The Balaban J connectivity index is 1.96. The maximum atomic E-state index is 5.11. The minimum Gasteiger partial charge on any atom is -0.352 e. The molecule has 4 aromatic rings. The molecule has 1 aromatic carbocycles. The largest absolute Gasteiger partial charge is 0.352 e. The quantitative estimate of drug-likeness (QED) is 0.473. The monoisotopic (exact) mass is 340 g/mol. The molecule has 26 heavy (non-hydrogen) atoms. The first-order valence-electron chi connectivity index (χ1n) is 9.13. The molecule has 5 heterocycles. The van der Waals surface area contributed by atoms with E-state index in [0.717, 1.165) is 44.5 Å². The number of aromatic amines is 2. The smallest absolute Gasteiger partial charge is 0.0935 e. The van der Waals surface area contributed by atoms with Gasteiger partial charge in [-0.1, -0.05) is 12.1 Å². The van der Waals surface area contributed by atoms with Crippen LogP contribution >= 0.6 is 0 Å². The van der Waals surface area contributed by atoms with Crippen LogP contribution in [0.15, 0.2) is 36.4 Å². The van der Waals surface area contributed by atoms with Crippen LogP contribution in [0.5, 0.6) is 0 Å². The first-order chi connectivity index (χ1) is 12.4. The van der Waals surface area contributed by atoms with Gasteiger partial charge in [-0.3, -0.25) is 0 Å². The maximum absolute atomic E-state index is 5.11. The van der Waals surface area contributed by atoms with E-state index < -0.39 is 0 Å². The van der Waals surface area contributed by atoms with E-state index in [-0.39, 0.29) is 10.8 Å². The van der Waals surface area contributed by atoms with Gasteiger partial charge in [-0.05, 0) is 63.1 Å². The van der Waals surface area contributed by atoms with E-state index in [1.54, 1.807) is 0 Å². The minimum atomic E-state index is -0.150. The molecule has 6 rings (SSSR count). The van der Waals surface area contributed by atoms with E-state index in [4.69, 9.17) is 9.97 Å². The van der Waals surface area contributed by atoms with Crippen molar-refractivity contribution in [2.75, 3.05) is 0 Å². The number of hydrogen-bond donors (Lipinski definition) is 2. The van der Waals surface area contributed by atoms with E-state index >= 15 is 0 Å². The molecule has 128 valence electrons. The van der Waals surface area contributed by atoms with Crippen LogP contribution in [-0.2, 0) is 10.8 Å². The highest BCUT2D eigenvalue weighted by molar-refractivity contribution is 5.91. The van der Waals surface area contributed by atoms with Crippen LogP contribution in [0.25, 0.3) is 33.1 Å². The third kappa shape index (κ3) is 1.48. The van der Waals surface area contributed by atoms with Gasteiger partial charge in [-0.15, -0.1) is 0 Å². The van der Waals surface area contributed by atoms with Crippen molar-refractivity contribution < 1.29 is 0 Å². The lowest BCUT2D eigenvalue weighted by atomic mass is 9.79. The lowest BCUT2D eigenvalue weighted by Gasteiger charge is -2.22. The second-order valence-corrected chi connectivity index (χ2v) is 8.60. The lowest BCUT2D eigenvalue weighted by molar-refractivity contribution is 0.644. The van der Waals surface area contributed by atoms with Crippen LogP contribution < -0.4 is 0 Å². The van der Waals surface area contributed by atoms with Crippen LogP contribution in [0.4, 0.5) is 0 Å². The van der Waals surface area contributed by atoms with Gasteiger partial charge in [0.1, 0.15) is 0 Å². The molecule has 0 saturated heterocycles. The molecule has 8 bridgehead atoms. The number of rotatable bonds is 0. The molecule has 0 fully saturated rings. The Bertz CT molecular complexity index is 1230. The summed E-state index contributed by atoms with van der Waals surface area (Å²) < 4.78 is 0. The summed E-state index contributed by atoms with van der Waals surface area (Å²) in [5.74, 6) is 0. The van der Waals surface area contributed by atoms with Crippen LogP contribution in [0, 0.1) is 0 Å². The number of benzene rings is 1. The number of nitrogens with zero attached hydrogens (tertiary/aromatic N) is 2. The molecule has 2 aliphatic heterocycles. The average molecular weight is 340 g/mol. The summed E-state index contributed by atoms with van der Waals surface area (Å²) in [7, 11) is 0. The highest BCUT2D eigenvalue weighted by Crippen LogP contribution is 2.46. The molecule has 0 unspecified atom stereocenters. The van der Waals surface area contributed by atoms with Crippen molar-refractivity contribution >= 4 is 33.1 Å². The number of aromatic nitrogens is 4. The number of nitrogens with one attached hydrogen (secondary N) is 2. The van der Waals surface area contributed by atoms with Crippen LogP contribution in [0.1, 0.15) is 50.2 Å². The van der Waals surface area contributed by atoms with E-state index in [1.165, 1.54) is 11.1 Å². The van der Waals surface area contributed by atoms with Crippen molar-refractivity contribution in [2.24, 2.45) is 0 Å². The van der Waals surface area contributed by atoms with Gasteiger partial charge in [-0.2, -0.15) is 0 Å². The Morgan fingerprint density at radius 2 is 0.962 bits per heavy atom. The topological polar surface area (TPSA) is 57.4 Å². The Morgan fingerprint density at radius 3 is 1.38 bits per heavy atom. The van der Waals surface area contributed by atoms with Crippen LogP contribution in [0.2, 0.25) is 0 Å². The van der Waals surface area contributed by atoms with Gasteiger partial charge in [-0.25, -0.2) is 9.97 Å². The molecule has 0 aliphatic carbocycles. The molecule has 2 N–H and O–H groups in total. The molecule has 4 nitrogen and oxygen atoms in total. The molecule has 3 aromatic heterocycles. The van der Waals surface area contributed by atoms with Gasteiger partial charge in [0.15, 0.2) is 0 Å². The van der Waals surface area contributed by atoms with E-state index in [2.05, 4.69) is 74.1 Å². The summed E-state index contributed by atoms with van der Waals surface area (Å²) in [6.07, 6.45) is 0. The van der Waals surface area contributed by atoms with Gasteiger partial charge in [0.25, 0.3) is 0 Å². The van der Waals surface area contributed by atoms with Gasteiger partial charge < -0.3 is 9.97 Å². The normalized spacial score (nSPS) is 17.8. The first-order valence-corrected chi connectivity index (χ1v) is 9.13. The van der Waals surface area contributed by atoms with Crippen molar-refractivity contribution in [2.45, 2.75) is 38.5 Å². The molecule has 0 radical (unpaired) electrons. The third-order valence-corrected chi connectivity index (χ3v) is 6.30. The van der Waals surface area contributed by atoms with Crippen molar-refractivity contribution in [1.82, 2.24) is 19.9 Å². The molecule has 0 spiro atoms. The summed E-state index contributed by atoms with van der Waals surface area (Å²) >= 11 is 0. The van der Waals surface area contributed by atoms with Gasteiger partial charge in [0.2, 0.25) is 0 Å². The summed E-state index contributed by atoms with van der Waals surface area (Å²) in [4.78, 5) is 17.4. The van der Waals surface area contributed by atoms with Gasteiger partial charge >= 0.3 is 0 Å². The zero-order chi connectivity index (χ0) is 17.8. The Kier molecular flexibility index (Phi) is 2.25. The van der Waals surface area contributed by atoms with Gasteiger partial charge in [0.05, 0.1) is 44.5 Å². The summed E-state index contributed by atoms with van der Waals surface area (Å²) in [6.45, 7) is 9.00. The second-order valence-electron chi connectivity index (χ2n) is 8.60. The van der Waals surface area contributed by atoms with Crippen molar-refractivity contribution in [1.29, 1.82) is 0 Å². The van der Waals surface area contributed by atoms with Crippen molar-refractivity contribution in [3.8, 4) is 0 Å². The summed E-state index contributed by atoms with van der Waals surface area (Å²) in [6, 6.07) is 13.0.